The van der Waals surface area contributed by atoms with Crippen molar-refractivity contribution in [1.82, 2.24) is 9.38 Å². The molecule has 5 nitrogen and oxygen atoms in total. The monoisotopic (exact) mass is 401 g/mol. The SMILES string of the molecule is Cc1cccc(Cl)c1Nc1c(-c2c(N)cccc2F)nc2sc(C)c(N)n12. The Kier molecular flexibility index (Phi) is 4.20. The highest BCUT2D eigenvalue weighted by Gasteiger charge is 2.23. The highest BCUT2D eigenvalue weighted by molar-refractivity contribution is 7.17. The van der Waals surface area contributed by atoms with Crippen molar-refractivity contribution in [2.75, 3.05) is 16.8 Å². The van der Waals surface area contributed by atoms with Gasteiger partial charge < -0.3 is 16.8 Å². The lowest BCUT2D eigenvalue weighted by Gasteiger charge is -2.14. The average molecular weight is 402 g/mol. The van der Waals surface area contributed by atoms with Crippen molar-refractivity contribution in [1.29, 1.82) is 0 Å². The van der Waals surface area contributed by atoms with Crippen LogP contribution in [0.2, 0.25) is 5.02 Å². The lowest BCUT2D eigenvalue weighted by molar-refractivity contribution is 0.631. The second-order valence-corrected chi connectivity index (χ2v) is 7.82. The molecule has 0 spiro atoms. The van der Waals surface area contributed by atoms with Crippen molar-refractivity contribution in [3.63, 3.8) is 0 Å². The Morgan fingerprint density at radius 1 is 1.15 bits per heavy atom. The summed E-state index contributed by atoms with van der Waals surface area (Å²) in [6.07, 6.45) is 0. The summed E-state index contributed by atoms with van der Waals surface area (Å²) in [6, 6.07) is 10.2. The number of thiazole rings is 1. The van der Waals surface area contributed by atoms with Crippen LogP contribution in [0.25, 0.3) is 16.2 Å². The molecule has 0 bridgehead atoms. The molecule has 4 rings (SSSR count). The molecule has 138 valence electrons. The minimum Gasteiger partial charge on any atom is -0.398 e. The van der Waals surface area contributed by atoms with Crippen molar-refractivity contribution in [3.05, 3.63) is 57.7 Å². The zero-order chi connectivity index (χ0) is 19.3. The number of hydrogen-bond acceptors (Lipinski definition) is 5. The number of nitrogens with two attached hydrogens (primary N) is 2. The second-order valence-electron chi connectivity index (χ2n) is 6.23. The van der Waals surface area contributed by atoms with Gasteiger partial charge in [0.05, 0.1) is 16.3 Å². The fourth-order valence-corrected chi connectivity index (χ4v) is 4.18. The summed E-state index contributed by atoms with van der Waals surface area (Å²) in [7, 11) is 0. The molecule has 0 amide bonds. The van der Waals surface area contributed by atoms with E-state index in [0.717, 1.165) is 10.4 Å². The predicted octanol–water partition coefficient (Wildman–Crippen LogP) is 5.38. The molecule has 27 heavy (non-hydrogen) atoms. The number of aryl methyl sites for hydroxylation is 2. The fraction of sp³-hybridized carbons (Fsp3) is 0.105. The number of anilines is 4. The number of imidazole rings is 1. The smallest absolute Gasteiger partial charge is 0.197 e. The van der Waals surface area contributed by atoms with Crippen LogP contribution in [0.5, 0.6) is 0 Å². The standard InChI is InChI=1S/C19H17ClFN5S/c1-9-5-3-6-11(20)15(9)24-18-16(14-12(21)7-4-8-13(14)22)25-19-26(18)17(23)10(2)27-19/h3-8,24H,22-23H2,1-2H3. The quantitative estimate of drug-likeness (QED) is 0.402. The first-order chi connectivity index (χ1) is 12.9. The summed E-state index contributed by atoms with van der Waals surface area (Å²) in [4.78, 5) is 6.19. The van der Waals surface area contributed by atoms with Crippen LogP contribution in [0.1, 0.15) is 10.4 Å². The summed E-state index contributed by atoms with van der Waals surface area (Å²) >= 11 is 7.81. The number of para-hydroxylation sites is 1. The van der Waals surface area contributed by atoms with Crippen LogP contribution in [0.4, 0.5) is 27.4 Å². The van der Waals surface area contributed by atoms with Crippen LogP contribution in [-0.2, 0) is 0 Å². The average Bonchev–Trinajstić information content (AvgIpc) is 3.08. The van der Waals surface area contributed by atoms with Gasteiger partial charge >= 0.3 is 0 Å². The van der Waals surface area contributed by atoms with Gasteiger partial charge in [0.2, 0.25) is 0 Å². The molecule has 0 radical (unpaired) electrons. The minimum atomic E-state index is -0.449. The van der Waals surface area contributed by atoms with E-state index in [0.29, 0.717) is 38.7 Å². The highest BCUT2D eigenvalue weighted by Crippen LogP contribution is 2.41. The van der Waals surface area contributed by atoms with E-state index in [2.05, 4.69) is 10.3 Å². The Morgan fingerprint density at radius 3 is 2.59 bits per heavy atom. The molecule has 2 heterocycles. The fourth-order valence-electron chi connectivity index (χ4n) is 3.03. The van der Waals surface area contributed by atoms with E-state index < -0.39 is 5.82 Å². The van der Waals surface area contributed by atoms with Crippen LogP contribution in [0.15, 0.2) is 36.4 Å². The van der Waals surface area contributed by atoms with Gasteiger partial charge in [0.15, 0.2) is 4.96 Å². The molecule has 0 aliphatic carbocycles. The van der Waals surface area contributed by atoms with Gasteiger partial charge in [-0.25, -0.2) is 9.37 Å². The molecule has 2 aromatic heterocycles. The molecular weight excluding hydrogens is 385 g/mol. The first kappa shape index (κ1) is 17.6. The summed E-state index contributed by atoms with van der Waals surface area (Å²) in [5.74, 6) is 0.616. The summed E-state index contributed by atoms with van der Waals surface area (Å²) in [5.41, 5.74) is 14.9. The van der Waals surface area contributed by atoms with Gasteiger partial charge in [-0.15, -0.1) is 0 Å². The molecule has 0 aliphatic rings. The largest absolute Gasteiger partial charge is 0.398 e. The number of fused-ring (bicyclic) bond motifs is 1. The number of benzene rings is 2. The van der Waals surface area contributed by atoms with E-state index in [9.17, 15) is 4.39 Å². The lowest BCUT2D eigenvalue weighted by Crippen LogP contribution is -2.03. The van der Waals surface area contributed by atoms with E-state index in [-0.39, 0.29) is 5.56 Å². The lowest BCUT2D eigenvalue weighted by atomic mass is 10.1. The zero-order valence-electron chi connectivity index (χ0n) is 14.7. The van der Waals surface area contributed by atoms with Gasteiger partial charge in [-0.05, 0) is 37.6 Å². The van der Waals surface area contributed by atoms with Crippen LogP contribution >= 0.6 is 22.9 Å². The van der Waals surface area contributed by atoms with Gasteiger partial charge in [-0.2, -0.15) is 0 Å². The third-order valence-electron chi connectivity index (χ3n) is 4.44. The normalized spacial score (nSPS) is 11.3. The Labute approximate surface area is 164 Å². The Balaban J connectivity index is 2.02. The molecule has 0 aliphatic heterocycles. The molecule has 8 heteroatoms. The number of rotatable bonds is 3. The van der Waals surface area contributed by atoms with Crippen molar-refractivity contribution in [2.45, 2.75) is 13.8 Å². The molecule has 2 aromatic carbocycles. The molecule has 0 fully saturated rings. The number of aromatic nitrogens is 2. The number of nitrogens with zero attached hydrogens (tertiary/aromatic N) is 2. The first-order valence-electron chi connectivity index (χ1n) is 8.22. The van der Waals surface area contributed by atoms with Crippen LogP contribution < -0.4 is 16.8 Å². The molecule has 4 aromatic rings. The van der Waals surface area contributed by atoms with Gasteiger partial charge in [0, 0.05) is 10.6 Å². The minimum absolute atomic E-state index is 0.234. The maximum absolute atomic E-state index is 14.6. The number of halogens is 2. The Morgan fingerprint density at radius 2 is 1.89 bits per heavy atom. The molecule has 0 saturated carbocycles. The predicted molar refractivity (Wildman–Crippen MR) is 111 cm³/mol. The number of hydrogen-bond donors (Lipinski definition) is 3. The third kappa shape index (κ3) is 2.79. The summed E-state index contributed by atoms with van der Waals surface area (Å²) in [5, 5.41) is 3.86. The Hall–Kier alpha value is -2.77. The van der Waals surface area contributed by atoms with E-state index in [4.69, 9.17) is 23.1 Å². The zero-order valence-corrected chi connectivity index (χ0v) is 16.2. The van der Waals surface area contributed by atoms with Crippen molar-refractivity contribution < 1.29 is 4.39 Å². The van der Waals surface area contributed by atoms with E-state index >= 15 is 0 Å². The number of nitrogen functional groups attached to an aromatic ring is 2. The topological polar surface area (TPSA) is 81.4 Å². The molecule has 5 N–H and O–H groups in total. The van der Waals surface area contributed by atoms with Crippen LogP contribution in [0.3, 0.4) is 0 Å². The molecular formula is C19H17ClFN5S. The maximum Gasteiger partial charge on any atom is 0.197 e. The van der Waals surface area contributed by atoms with E-state index in [1.807, 2.05) is 26.0 Å². The van der Waals surface area contributed by atoms with Gasteiger partial charge in [-0.3, -0.25) is 4.40 Å². The van der Waals surface area contributed by atoms with Gasteiger partial charge in [0.25, 0.3) is 0 Å². The highest BCUT2D eigenvalue weighted by atomic mass is 35.5. The van der Waals surface area contributed by atoms with Gasteiger partial charge in [0.1, 0.15) is 23.1 Å². The molecule has 0 atom stereocenters. The Bertz CT molecular complexity index is 1140. The van der Waals surface area contributed by atoms with Gasteiger partial charge in [-0.1, -0.05) is 41.1 Å². The van der Waals surface area contributed by atoms with Crippen molar-refractivity contribution >= 4 is 50.9 Å². The van der Waals surface area contributed by atoms with Crippen molar-refractivity contribution in [2.24, 2.45) is 0 Å². The molecule has 0 unspecified atom stereocenters. The summed E-state index contributed by atoms with van der Waals surface area (Å²) < 4.78 is 16.4. The second kappa shape index (κ2) is 6.44. The molecule has 0 saturated heterocycles. The van der Waals surface area contributed by atoms with Crippen LogP contribution in [0, 0.1) is 19.7 Å². The number of nitrogens with one attached hydrogen (secondary N) is 1. The van der Waals surface area contributed by atoms with Crippen LogP contribution in [-0.4, -0.2) is 9.38 Å². The maximum atomic E-state index is 14.6. The van der Waals surface area contributed by atoms with E-state index in [1.165, 1.54) is 17.4 Å². The first-order valence-corrected chi connectivity index (χ1v) is 9.41. The third-order valence-corrected chi connectivity index (χ3v) is 5.73. The van der Waals surface area contributed by atoms with E-state index in [1.54, 1.807) is 22.6 Å². The summed E-state index contributed by atoms with van der Waals surface area (Å²) in [6.45, 7) is 3.85. The van der Waals surface area contributed by atoms with Crippen molar-refractivity contribution in [3.8, 4) is 11.3 Å².